The maximum Gasteiger partial charge on any atom is 0.494 e. The SMILES string of the molecule is CC(C)c1c(C2(O)CCOC2)cnc2c(F)cc(B3OC(C)(C)C(C)(C)O3)cc12. The molecule has 3 heterocycles. The third-order valence-corrected chi connectivity index (χ3v) is 6.59. The summed E-state index contributed by atoms with van der Waals surface area (Å²) in [6.45, 7) is 12.7. The second-order valence-corrected chi connectivity index (χ2v) is 9.56. The van der Waals surface area contributed by atoms with Gasteiger partial charge in [-0.05, 0) is 50.7 Å². The van der Waals surface area contributed by atoms with Gasteiger partial charge in [0.05, 0.1) is 17.8 Å². The fourth-order valence-corrected chi connectivity index (χ4v) is 4.17. The molecular formula is C22H29BFNO4. The fraction of sp³-hybridized carbons (Fsp3) is 0.591. The van der Waals surface area contributed by atoms with E-state index < -0.39 is 29.7 Å². The number of aliphatic hydroxyl groups is 1. The van der Waals surface area contributed by atoms with Gasteiger partial charge in [0.25, 0.3) is 0 Å². The number of ether oxygens (including phenoxy) is 1. The number of rotatable bonds is 3. The van der Waals surface area contributed by atoms with E-state index in [9.17, 15) is 5.11 Å². The largest absolute Gasteiger partial charge is 0.494 e. The van der Waals surface area contributed by atoms with Crippen LogP contribution >= 0.6 is 0 Å². The Hall–Kier alpha value is -1.54. The van der Waals surface area contributed by atoms with Crippen LogP contribution < -0.4 is 5.46 Å². The summed E-state index contributed by atoms with van der Waals surface area (Å²) in [6.07, 6.45) is 2.10. The topological polar surface area (TPSA) is 60.8 Å². The number of nitrogens with zero attached hydrogens (tertiary/aromatic N) is 1. The zero-order valence-corrected chi connectivity index (χ0v) is 18.0. The highest BCUT2D eigenvalue weighted by Gasteiger charge is 2.52. The fourth-order valence-electron chi connectivity index (χ4n) is 4.17. The van der Waals surface area contributed by atoms with E-state index in [0.717, 1.165) is 5.56 Å². The molecule has 2 fully saturated rings. The first-order valence-corrected chi connectivity index (χ1v) is 10.2. The molecule has 4 rings (SSSR count). The Kier molecular flexibility index (Phi) is 4.82. The Morgan fingerprint density at radius 2 is 1.79 bits per heavy atom. The maximum atomic E-state index is 15.1. The Morgan fingerprint density at radius 1 is 1.14 bits per heavy atom. The molecule has 0 aliphatic carbocycles. The average Bonchev–Trinajstić information content (AvgIpc) is 3.15. The smallest absolute Gasteiger partial charge is 0.399 e. The highest BCUT2D eigenvalue weighted by molar-refractivity contribution is 6.62. The van der Waals surface area contributed by atoms with Crippen molar-refractivity contribution in [3.05, 3.63) is 35.3 Å². The van der Waals surface area contributed by atoms with Crippen LogP contribution in [0.15, 0.2) is 18.3 Å². The molecule has 2 saturated heterocycles. The van der Waals surface area contributed by atoms with Gasteiger partial charge in [0, 0.05) is 30.2 Å². The monoisotopic (exact) mass is 401 g/mol. The second kappa shape index (κ2) is 6.74. The summed E-state index contributed by atoms with van der Waals surface area (Å²) in [7, 11) is -0.666. The van der Waals surface area contributed by atoms with Crippen molar-refractivity contribution in [2.75, 3.05) is 13.2 Å². The number of hydrogen-bond donors (Lipinski definition) is 1. The van der Waals surface area contributed by atoms with Gasteiger partial charge in [-0.15, -0.1) is 0 Å². The molecule has 0 saturated carbocycles. The quantitative estimate of drug-likeness (QED) is 0.799. The van der Waals surface area contributed by atoms with Crippen molar-refractivity contribution in [3.8, 4) is 0 Å². The lowest BCUT2D eigenvalue weighted by molar-refractivity contribution is 0.00578. The van der Waals surface area contributed by atoms with Crippen LogP contribution in [0.5, 0.6) is 0 Å². The van der Waals surface area contributed by atoms with Gasteiger partial charge in [-0.2, -0.15) is 0 Å². The first kappa shape index (κ1) is 20.7. The molecular weight excluding hydrogens is 372 g/mol. The van der Waals surface area contributed by atoms with Gasteiger partial charge in [0.15, 0.2) is 0 Å². The molecule has 1 aromatic heterocycles. The zero-order valence-electron chi connectivity index (χ0n) is 18.0. The van der Waals surface area contributed by atoms with Crippen molar-refractivity contribution in [2.24, 2.45) is 0 Å². The first-order valence-electron chi connectivity index (χ1n) is 10.2. The number of aromatic nitrogens is 1. The Balaban J connectivity index is 1.89. The normalized spacial score (nSPS) is 26.0. The summed E-state index contributed by atoms with van der Waals surface area (Å²) in [5.74, 6) is -0.358. The Morgan fingerprint density at radius 3 is 2.34 bits per heavy atom. The van der Waals surface area contributed by atoms with E-state index in [1.165, 1.54) is 6.07 Å². The summed E-state index contributed by atoms with van der Waals surface area (Å²) in [5.41, 5.74) is 0.381. The third-order valence-electron chi connectivity index (χ3n) is 6.59. The molecule has 0 spiro atoms. The number of halogens is 1. The summed E-state index contributed by atoms with van der Waals surface area (Å²) < 4.78 is 32.8. The molecule has 156 valence electrons. The molecule has 5 nitrogen and oxygen atoms in total. The van der Waals surface area contributed by atoms with Crippen molar-refractivity contribution in [3.63, 3.8) is 0 Å². The van der Waals surface area contributed by atoms with Crippen LogP contribution in [-0.4, -0.2) is 41.6 Å². The lowest BCUT2D eigenvalue weighted by atomic mass is 9.76. The van der Waals surface area contributed by atoms with Crippen molar-refractivity contribution >= 4 is 23.5 Å². The van der Waals surface area contributed by atoms with Gasteiger partial charge in [-0.1, -0.05) is 19.9 Å². The molecule has 7 heteroatoms. The van der Waals surface area contributed by atoms with Crippen LogP contribution in [0.4, 0.5) is 4.39 Å². The standard InChI is InChI=1S/C22H29BFNO4/c1-13(2)18-15-9-14(23-28-20(3,4)21(5,6)29-23)10-17(24)19(15)25-11-16(18)22(26)7-8-27-12-22/h9-11,13,26H,7-8,12H2,1-6H3. The van der Waals surface area contributed by atoms with Crippen molar-refractivity contribution in [1.29, 1.82) is 0 Å². The Bertz CT molecular complexity index is 937. The highest BCUT2D eigenvalue weighted by atomic mass is 19.1. The van der Waals surface area contributed by atoms with Crippen molar-refractivity contribution in [1.82, 2.24) is 4.98 Å². The van der Waals surface area contributed by atoms with E-state index in [-0.39, 0.29) is 12.5 Å². The van der Waals surface area contributed by atoms with Crippen LogP contribution in [-0.2, 0) is 19.6 Å². The molecule has 2 aliphatic heterocycles. The van der Waals surface area contributed by atoms with Crippen molar-refractivity contribution in [2.45, 2.75) is 70.7 Å². The molecule has 0 amide bonds. The summed E-state index contributed by atoms with van der Waals surface area (Å²) in [5, 5.41) is 11.8. The van der Waals surface area contributed by atoms with Gasteiger partial charge >= 0.3 is 7.12 Å². The van der Waals surface area contributed by atoms with E-state index in [0.29, 0.717) is 35.0 Å². The van der Waals surface area contributed by atoms with Gasteiger partial charge in [-0.3, -0.25) is 4.98 Å². The molecule has 2 aliphatic rings. The second-order valence-electron chi connectivity index (χ2n) is 9.56. The summed E-state index contributed by atoms with van der Waals surface area (Å²) >= 11 is 0. The van der Waals surface area contributed by atoms with E-state index in [4.69, 9.17) is 14.0 Å². The van der Waals surface area contributed by atoms with Crippen LogP contribution in [0.3, 0.4) is 0 Å². The lowest BCUT2D eigenvalue weighted by Gasteiger charge is -2.32. The number of pyridine rings is 1. The molecule has 0 bridgehead atoms. The predicted octanol–water partition coefficient (Wildman–Crippen LogP) is 3.40. The zero-order chi connectivity index (χ0) is 21.2. The lowest BCUT2D eigenvalue weighted by Crippen LogP contribution is -2.41. The first-order chi connectivity index (χ1) is 13.5. The van der Waals surface area contributed by atoms with Gasteiger partial charge in [-0.25, -0.2) is 4.39 Å². The van der Waals surface area contributed by atoms with E-state index >= 15 is 4.39 Å². The molecule has 29 heavy (non-hydrogen) atoms. The molecule has 1 unspecified atom stereocenters. The van der Waals surface area contributed by atoms with Gasteiger partial charge in [0.2, 0.25) is 0 Å². The maximum absolute atomic E-state index is 15.1. The molecule has 2 aromatic rings. The van der Waals surface area contributed by atoms with Gasteiger partial charge < -0.3 is 19.2 Å². The van der Waals surface area contributed by atoms with E-state index in [1.807, 2.05) is 47.6 Å². The number of hydrogen-bond acceptors (Lipinski definition) is 5. The molecule has 1 N–H and O–H groups in total. The van der Waals surface area contributed by atoms with Crippen LogP contribution in [0.25, 0.3) is 10.9 Å². The number of fused-ring (bicyclic) bond motifs is 1. The van der Waals surface area contributed by atoms with Crippen LogP contribution in [0.2, 0.25) is 0 Å². The summed E-state index contributed by atoms with van der Waals surface area (Å²) in [6, 6.07) is 3.33. The van der Waals surface area contributed by atoms with Crippen LogP contribution in [0, 0.1) is 5.82 Å². The van der Waals surface area contributed by atoms with E-state index in [1.54, 1.807) is 6.20 Å². The third kappa shape index (κ3) is 3.28. The minimum absolute atomic E-state index is 0.0630. The minimum atomic E-state index is -1.10. The Labute approximate surface area is 171 Å². The van der Waals surface area contributed by atoms with Crippen LogP contribution in [0.1, 0.15) is 65.0 Å². The molecule has 1 atom stereocenters. The average molecular weight is 401 g/mol. The van der Waals surface area contributed by atoms with E-state index in [2.05, 4.69) is 4.98 Å². The number of benzene rings is 1. The molecule has 0 radical (unpaired) electrons. The van der Waals surface area contributed by atoms with Gasteiger partial charge in [0.1, 0.15) is 16.9 Å². The molecule has 1 aromatic carbocycles. The predicted molar refractivity (Wildman–Crippen MR) is 111 cm³/mol. The minimum Gasteiger partial charge on any atom is -0.399 e. The highest BCUT2D eigenvalue weighted by Crippen LogP contribution is 2.40. The van der Waals surface area contributed by atoms with Crippen molar-refractivity contribution < 1.29 is 23.5 Å². The summed E-state index contributed by atoms with van der Waals surface area (Å²) in [4.78, 5) is 4.37.